The first-order valence-corrected chi connectivity index (χ1v) is 10.8. The second-order valence-electron chi connectivity index (χ2n) is 7.46. The molecule has 3 aromatic carbocycles. The summed E-state index contributed by atoms with van der Waals surface area (Å²) < 4.78 is 70.6. The summed E-state index contributed by atoms with van der Waals surface area (Å²) >= 11 is 5.33. The van der Waals surface area contributed by atoms with Crippen molar-refractivity contribution in [3.8, 4) is 17.2 Å². The maximum atomic E-state index is 14.0. The molecule has 1 aliphatic rings. The van der Waals surface area contributed by atoms with Crippen molar-refractivity contribution in [2.24, 2.45) is 0 Å². The Labute approximate surface area is 208 Å². The van der Waals surface area contributed by atoms with E-state index >= 15 is 0 Å². The summed E-state index contributed by atoms with van der Waals surface area (Å²) in [4.78, 5) is 14.4. The van der Waals surface area contributed by atoms with Crippen LogP contribution in [0.1, 0.15) is 11.1 Å². The normalized spacial score (nSPS) is 14.3. The van der Waals surface area contributed by atoms with E-state index in [2.05, 4.69) is 5.32 Å². The van der Waals surface area contributed by atoms with Crippen LogP contribution in [0.4, 0.5) is 23.2 Å². The number of benzene rings is 3. The van der Waals surface area contributed by atoms with Gasteiger partial charge in [0.15, 0.2) is 22.5 Å². The SMILES string of the molecule is COc1ccc(/C=C2/NC(=S)N(c3ccccc3OC)C2=O)cc1COc1c(F)c(F)cc(F)c1F. The number of ether oxygens (including phenoxy) is 3. The number of carbonyl (C=O) groups excluding carboxylic acids is 1. The Hall–Kier alpha value is -4.12. The average molecular weight is 518 g/mol. The summed E-state index contributed by atoms with van der Waals surface area (Å²) in [6, 6.07) is 11.7. The molecule has 1 amide bonds. The molecule has 0 bridgehead atoms. The molecule has 3 aromatic rings. The van der Waals surface area contributed by atoms with E-state index in [1.54, 1.807) is 36.4 Å². The predicted molar refractivity (Wildman–Crippen MR) is 128 cm³/mol. The Morgan fingerprint density at radius 2 is 1.61 bits per heavy atom. The van der Waals surface area contributed by atoms with Gasteiger partial charge in [0.2, 0.25) is 11.6 Å². The monoisotopic (exact) mass is 518 g/mol. The number of anilines is 1. The number of amides is 1. The van der Waals surface area contributed by atoms with Crippen LogP contribution in [0.25, 0.3) is 6.08 Å². The number of rotatable bonds is 7. The average Bonchev–Trinajstić information content (AvgIpc) is 3.15. The van der Waals surface area contributed by atoms with E-state index in [-0.39, 0.29) is 22.6 Å². The van der Waals surface area contributed by atoms with Crippen molar-refractivity contribution in [3.63, 3.8) is 0 Å². The highest BCUT2D eigenvalue weighted by molar-refractivity contribution is 7.80. The van der Waals surface area contributed by atoms with Gasteiger partial charge in [-0.25, -0.2) is 13.7 Å². The smallest absolute Gasteiger partial charge is 0.281 e. The number of thiocarbonyl (C=S) groups is 1. The molecule has 1 heterocycles. The fourth-order valence-corrected chi connectivity index (χ4v) is 3.86. The number of nitrogens with zero attached hydrogens (tertiary/aromatic N) is 1. The van der Waals surface area contributed by atoms with Crippen LogP contribution < -0.4 is 24.4 Å². The topological polar surface area (TPSA) is 60.0 Å². The number of para-hydroxylation sites is 2. The van der Waals surface area contributed by atoms with E-state index in [9.17, 15) is 22.4 Å². The predicted octanol–water partition coefficient (Wildman–Crippen LogP) is 5.10. The molecule has 1 N–H and O–H groups in total. The van der Waals surface area contributed by atoms with Crippen LogP contribution in [0.15, 0.2) is 54.2 Å². The molecular formula is C25H18F4N2O4S. The molecular weight excluding hydrogens is 500 g/mol. The van der Waals surface area contributed by atoms with Crippen molar-refractivity contribution in [3.05, 3.63) is 88.6 Å². The fourth-order valence-electron chi connectivity index (χ4n) is 3.56. The Balaban J connectivity index is 1.62. The summed E-state index contributed by atoms with van der Waals surface area (Å²) in [5.41, 5.74) is 1.40. The molecule has 1 aliphatic heterocycles. The van der Waals surface area contributed by atoms with E-state index in [4.69, 9.17) is 26.4 Å². The van der Waals surface area contributed by atoms with Crippen molar-refractivity contribution in [1.29, 1.82) is 0 Å². The lowest BCUT2D eigenvalue weighted by atomic mass is 10.1. The minimum Gasteiger partial charge on any atom is -0.496 e. The third-order valence-corrected chi connectivity index (χ3v) is 5.55. The number of hydrogen-bond donors (Lipinski definition) is 1. The molecule has 0 atom stereocenters. The van der Waals surface area contributed by atoms with Gasteiger partial charge >= 0.3 is 0 Å². The van der Waals surface area contributed by atoms with E-state index in [0.717, 1.165) is 0 Å². The van der Waals surface area contributed by atoms with Gasteiger partial charge in [0.1, 0.15) is 23.8 Å². The highest BCUT2D eigenvalue weighted by Crippen LogP contribution is 2.32. The number of nitrogens with one attached hydrogen (secondary N) is 1. The van der Waals surface area contributed by atoms with Gasteiger partial charge in [-0.3, -0.25) is 4.79 Å². The maximum Gasteiger partial charge on any atom is 0.281 e. The Kier molecular flexibility index (Phi) is 7.11. The Morgan fingerprint density at radius 1 is 0.944 bits per heavy atom. The maximum absolute atomic E-state index is 14.0. The molecule has 0 aliphatic carbocycles. The van der Waals surface area contributed by atoms with E-state index in [0.29, 0.717) is 22.6 Å². The highest BCUT2D eigenvalue weighted by Gasteiger charge is 2.33. The molecule has 1 fully saturated rings. The summed E-state index contributed by atoms with van der Waals surface area (Å²) in [7, 11) is 2.84. The van der Waals surface area contributed by atoms with Gasteiger partial charge in [-0.15, -0.1) is 0 Å². The molecule has 11 heteroatoms. The second kappa shape index (κ2) is 10.2. The minimum absolute atomic E-state index is 0.0925. The van der Waals surface area contributed by atoms with E-state index in [1.165, 1.54) is 31.3 Å². The largest absolute Gasteiger partial charge is 0.496 e. The van der Waals surface area contributed by atoms with Crippen LogP contribution in [-0.4, -0.2) is 25.2 Å². The Morgan fingerprint density at radius 3 is 2.28 bits per heavy atom. The summed E-state index contributed by atoms with van der Waals surface area (Å²) in [6.07, 6.45) is 1.51. The zero-order valence-electron chi connectivity index (χ0n) is 18.9. The summed E-state index contributed by atoms with van der Waals surface area (Å²) in [5.74, 6) is -7.37. The Bertz CT molecular complexity index is 1370. The van der Waals surface area contributed by atoms with Gasteiger partial charge in [0.05, 0.1) is 19.9 Å². The lowest BCUT2D eigenvalue weighted by Gasteiger charge is -2.17. The fraction of sp³-hybridized carbons (Fsp3) is 0.120. The van der Waals surface area contributed by atoms with Crippen molar-refractivity contribution in [1.82, 2.24) is 5.32 Å². The standard InChI is InChI=1S/C25H18F4N2O4S/c1-33-19-8-7-13(9-14(19)12-35-23-21(28)15(26)11-16(27)22(23)29)10-17-24(32)31(25(36)30-17)18-5-3-4-6-20(18)34-2/h3-11H,12H2,1-2H3,(H,30,36)/b17-10+. The molecule has 0 unspecified atom stereocenters. The zero-order valence-corrected chi connectivity index (χ0v) is 19.7. The van der Waals surface area contributed by atoms with Crippen molar-refractivity contribution < 1.29 is 36.6 Å². The third kappa shape index (κ3) is 4.69. The van der Waals surface area contributed by atoms with E-state index in [1.807, 2.05) is 0 Å². The van der Waals surface area contributed by atoms with Crippen LogP contribution in [0.5, 0.6) is 17.2 Å². The first kappa shape index (κ1) is 25.0. The van der Waals surface area contributed by atoms with Crippen molar-refractivity contribution in [2.45, 2.75) is 6.61 Å². The number of halogens is 4. The molecule has 186 valence electrons. The zero-order chi connectivity index (χ0) is 26.0. The van der Waals surface area contributed by atoms with E-state index < -0.39 is 41.5 Å². The lowest BCUT2D eigenvalue weighted by molar-refractivity contribution is -0.113. The van der Waals surface area contributed by atoms with Crippen LogP contribution in [-0.2, 0) is 11.4 Å². The molecule has 1 saturated heterocycles. The molecule has 0 radical (unpaired) electrons. The van der Waals surface area contributed by atoms with Crippen LogP contribution in [0.3, 0.4) is 0 Å². The number of hydrogen-bond acceptors (Lipinski definition) is 5. The molecule has 4 rings (SSSR count). The molecule has 0 spiro atoms. The second-order valence-corrected chi connectivity index (χ2v) is 7.84. The van der Waals surface area contributed by atoms with Crippen molar-refractivity contribution >= 4 is 35.0 Å². The van der Waals surface area contributed by atoms with Gasteiger partial charge in [-0.05, 0) is 48.1 Å². The molecule has 6 nitrogen and oxygen atoms in total. The number of methoxy groups -OCH3 is 2. The van der Waals surface area contributed by atoms with Gasteiger partial charge < -0.3 is 19.5 Å². The summed E-state index contributed by atoms with van der Waals surface area (Å²) in [6.45, 7) is -0.482. The minimum atomic E-state index is -1.66. The number of carbonyl (C=O) groups is 1. The molecule has 0 aromatic heterocycles. The van der Waals surface area contributed by atoms with Gasteiger partial charge in [0.25, 0.3) is 5.91 Å². The van der Waals surface area contributed by atoms with Crippen LogP contribution in [0, 0.1) is 23.3 Å². The van der Waals surface area contributed by atoms with Gasteiger partial charge in [0, 0.05) is 11.6 Å². The first-order chi connectivity index (χ1) is 17.2. The molecule has 36 heavy (non-hydrogen) atoms. The lowest BCUT2D eigenvalue weighted by Crippen LogP contribution is -2.30. The quantitative estimate of drug-likeness (QED) is 0.203. The van der Waals surface area contributed by atoms with Gasteiger partial charge in [-0.2, -0.15) is 8.78 Å². The first-order valence-electron chi connectivity index (χ1n) is 10.4. The highest BCUT2D eigenvalue weighted by atomic mass is 32.1. The van der Waals surface area contributed by atoms with Crippen molar-refractivity contribution in [2.75, 3.05) is 19.1 Å². The van der Waals surface area contributed by atoms with Crippen LogP contribution >= 0.6 is 12.2 Å². The summed E-state index contributed by atoms with van der Waals surface area (Å²) in [5, 5.41) is 3.00. The van der Waals surface area contributed by atoms with Gasteiger partial charge in [-0.1, -0.05) is 18.2 Å². The van der Waals surface area contributed by atoms with Crippen LogP contribution in [0.2, 0.25) is 0 Å². The third-order valence-electron chi connectivity index (χ3n) is 5.26. The molecule has 0 saturated carbocycles.